The largest absolute Gasteiger partial charge is 0.465 e. The van der Waals surface area contributed by atoms with E-state index >= 15 is 0 Å². The lowest BCUT2D eigenvalue weighted by molar-refractivity contribution is -0.156. The number of hydrogen-bond donors (Lipinski definition) is 1. The summed E-state index contributed by atoms with van der Waals surface area (Å²) in [5.41, 5.74) is -0.708. The van der Waals surface area contributed by atoms with E-state index in [1.807, 2.05) is 13.8 Å². The predicted octanol–water partition coefficient (Wildman–Crippen LogP) is 4.15. The topological polar surface area (TPSA) is 96.4 Å². The van der Waals surface area contributed by atoms with Gasteiger partial charge in [0.2, 0.25) is 5.91 Å². The van der Waals surface area contributed by atoms with Gasteiger partial charge in [-0.3, -0.25) is 14.4 Å². The summed E-state index contributed by atoms with van der Waals surface area (Å²) in [6, 6.07) is 5.35. The molecule has 2 amide bonds. The molecule has 6 atom stereocenters. The van der Waals surface area contributed by atoms with Crippen LogP contribution in [0.2, 0.25) is 5.02 Å². The van der Waals surface area contributed by atoms with E-state index in [-0.39, 0.29) is 37.5 Å². The summed E-state index contributed by atoms with van der Waals surface area (Å²) < 4.78 is 12.1. The number of carbonyl (C=O) groups is 3. The van der Waals surface area contributed by atoms with E-state index in [0.29, 0.717) is 42.8 Å². The van der Waals surface area contributed by atoms with Crippen molar-refractivity contribution in [3.05, 3.63) is 54.6 Å². The van der Waals surface area contributed by atoms with E-state index in [1.54, 1.807) is 36.4 Å². The fraction of sp³-hybridized carbons (Fsp3) is 0.567. The Labute approximate surface area is 235 Å². The van der Waals surface area contributed by atoms with Gasteiger partial charge in [-0.25, -0.2) is 0 Å². The Bertz CT molecular complexity index is 1110. The molecule has 3 fully saturated rings. The third-order valence-corrected chi connectivity index (χ3v) is 8.43. The van der Waals surface area contributed by atoms with E-state index in [9.17, 15) is 19.5 Å². The number of rotatable bonds is 13. The highest BCUT2D eigenvalue weighted by molar-refractivity contribution is 6.34. The van der Waals surface area contributed by atoms with Crippen molar-refractivity contribution in [1.29, 1.82) is 0 Å². The summed E-state index contributed by atoms with van der Waals surface area (Å²) in [6.07, 6.45) is 5.68. The second-order valence-electron chi connectivity index (χ2n) is 11.1. The van der Waals surface area contributed by atoms with E-state index in [2.05, 4.69) is 13.2 Å². The van der Waals surface area contributed by atoms with Gasteiger partial charge in [-0.05, 0) is 50.2 Å². The molecule has 2 bridgehead atoms. The molecular weight excluding hydrogens is 520 g/mol. The summed E-state index contributed by atoms with van der Waals surface area (Å²) in [6.45, 7) is 11.6. The fourth-order valence-electron chi connectivity index (χ4n) is 6.60. The molecule has 9 heteroatoms. The number of halogens is 1. The summed E-state index contributed by atoms with van der Waals surface area (Å²) >= 11 is 6.51. The van der Waals surface area contributed by atoms with Crippen LogP contribution in [-0.2, 0) is 23.9 Å². The number of benzene rings is 1. The molecule has 2 unspecified atom stereocenters. The molecule has 8 nitrogen and oxygen atoms in total. The van der Waals surface area contributed by atoms with Gasteiger partial charge in [-0.15, -0.1) is 13.2 Å². The maximum Gasteiger partial charge on any atom is 0.312 e. The predicted molar refractivity (Wildman–Crippen MR) is 149 cm³/mol. The number of ether oxygens (including phenoxy) is 2. The van der Waals surface area contributed by atoms with Crippen molar-refractivity contribution in [2.45, 2.75) is 69.7 Å². The number of carbonyl (C=O) groups excluding carboxylic acids is 3. The van der Waals surface area contributed by atoms with Gasteiger partial charge < -0.3 is 24.4 Å². The Kier molecular flexibility index (Phi) is 9.19. The van der Waals surface area contributed by atoms with Gasteiger partial charge in [0.1, 0.15) is 11.6 Å². The van der Waals surface area contributed by atoms with Gasteiger partial charge in [0, 0.05) is 6.54 Å². The molecule has 3 heterocycles. The molecule has 3 saturated heterocycles. The van der Waals surface area contributed by atoms with Crippen LogP contribution in [0.25, 0.3) is 0 Å². The van der Waals surface area contributed by atoms with E-state index in [1.165, 1.54) is 9.80 Å². The molecule has 212 valence electrons. The summed E-state index contributed by atoms with van der Waals surface area (Å²) in [7, 11) is 0. The summed E-state index contributed by atoms with van der Waals surface area (Å²) in [5.74, 6) is -2.71. The second kappa shape index (κ2) is 12.2. The molecule has 3 aliphatic heterocycles. The third kappa shape index (κ3) is 5.26. The van der Waals surface area contributed by atoms with Gasteiger partial charge in [-0.1, -0.05) is 49.7 Å². The number of anilines is 1. The first-order valence-electron chi connectivity index (χ1n) is 13.8. The SMILES string of the molecule is C=CCCCOC(=O)[C@@H]1[C@@H]2CCC3(O2)C(C(=O)N(CC=C)c2ccccc2Cl)N([C@@H](CO)CC(C)C)C(=O)[C@H]13. The van der Waals surface area contributed by atoms with Gasteiger partial charge >= 0.3 is 5.97 Å². The Hall–Kier alpha value is -2.68. The Morgan fingerprint density at radius 1 is 1.31 bits per heavy atom. The molecule has 39 heavy (non-hydrogen) atoms. The summed E-state index contributed by atoms with van der Waals surface area (Å²) in [4.78, 5) is 45.1. The third-order valence-electron chi connectivity index (χ3n) is 8.11. The molecule has 0 saturated carbocycles. The quantitative estimate of drug-likeness (QED) is 0.222. The molecule has 1 aromatic rings. The first kappa shape index (κ1) is 29.3. The second-order valence-corrected chi connectivity index (χ2v) is 11.5. The minimum absolute atomic E-state index is 0.152. The van der Waals surface area contributed by atoms with Crippen molar-refractivity contribution in [2.75, 3.05) is 24.7 Å². The molecule has 3 aliphatic rings. The molecule has 1 aromatic carbocycles. The first-order chi connectivity index (χ1) is 18.7. The molecule has 1 N–H and O–H groups in total. The van der Waals surface area contributed by atoms with Crippen molar-refractivity contribution in [2.24, 2.45) is 17.8 Å². The molecule has 0 aliphatic carbocycles. The van der Waals surface area contributed by atoms with Gasteiger partial charge in [-0.2, -0.15) is 0 Å². The monoisotopic (exact) mass is 558 g/mol. The van der Waals surface area contributed by atoms with Crippen LogP contribution in [0.15, 0.2) is 49.6 Å². The van der Waals surface area contributed by atoms with Crippen LogP contribution in [0.1, 0.15) is 46.0 Å². The average Bonchev–Trinajstić information content (AvgIpc) is 3.56. The van der Waals surface area contributed by atoms with E-state index in [0.717, 1.165) is 0 Å². The summed E-state index contributed by atoms with van der Waals surface area (Å²) in [5, 5.41) is 10.8. The lowest BCUT2D eigenvalue weighted by Crippen LogP contribution is -2.59. The fourth-order valence-corrected chi connectivity index (χ4v) is 6.84. The normalized spacial score (nSPS) is 27.9. The van der Waals surface area contributed by atoms with Gasteiger partial charge in [0.25, 0.3) is 5.91 Å². The maximum atomic E-state index is 14.5. The number of para-hydroxylation sites is 1. The number of aliphatic hydroxyl groups is 1. The average molecular weight is 559 g/mol. The lowest BCUT2D eigenvalue weighted by Gasteiger charge is -2.39. The first-order valence-corrected chi connectivity index (χ1v) is 14.1. The number of amides is 2. The number of likely N-dealkylation sites (tertiary alicyclic amines) is 1. The lowest BCUT2D eigenvalue weighted by atomic mass is 9.70. The van der Waals surface area contributed by atoms with Crippen LogP contribution in [0.5, 0.6) is 0 Å². The highest BCUT2D eigenvalue weighted by Gasteiger charge is 2.75. The number of aliphatic hydroxyl groups excluding tert-OH is 1. The van der Waals surface area contributed by atoms with Crippen LogP contribution in [0.4, 0.5) is 5.69 Å². The van der Waals surface area contributed by atoms with Crippen molar-refractivity contribution >= 4 is 35.1 Å². The van der Waals surface area contributed by atoms with Crippen LogP contribution >= 0.6 is 11.6 Å². The number of unbranched alkanes of at least 4 members (excludes halogenated alkanes) is 1. The molecule has 0 aromatic heterocycles. The Balaban J connectivity index is 1.76. The molecule has 1 spiro atoms. The van der Waals surface area contributed by atoms with Crippen LogP contribution in [0.3, 0.4) is 0 Å². The molecule has 4 rings (SSSR count). The number of esters is 1. The number of hydrogen-bond acceptors (Lipinski definition) is 6. The van der Waals surface area contributed by atoms with Gasteiger partial charge in [0.05, 0.1) is 47.9 Å². The zero-order chi connectivity index (χ0) is 28.3. The smallest absolute Gasteiger partial charge is 0.312 e. The van der Waals surface area contributed by atoms with Crippen LogP contribution in [0, 0.1) is 17.8 Å². The van der Waals surface area contributed by atoms with E-state index < -0.39 is 41.6 Å². The number of fused-ring (bicyclic) bond motifs is 1. The van der Waals surface area contributed by atoms with Crippen molar-refractivity contribution in [3.63, 3.8) is 0 Å². The van der Waals surface area contributed by atoms with Gasteiger partial charge in [0.15, 0.2) is 0 Å². The minimum atomic E-state index is -1.20. The maximum absolute atomic E-state index is 14.5. The highest BCUT2D eigenvalue weighted by atomic mass is 35.5. The zero-order valence-corrected chi connectivity index (χ0v) is 23.5. The van der Waals surface area contributed by atoms with E-state index in [4.69, 9.17) is 21.1 Å². The minimum Gasteiger partial charge on any atom is -0.465 e. The molecular formula is C30H39ClN2O6. The Morgan fingerprint density at radius 2 is 2.05 bits per heavy atom. The van der Waals surface area contributed by atoms with Crippen molar-refractivity contribution < 1.29 is 29.0 Å². The van der Waals surface area contributed by atoms with Crippen LogP contribution in [-0.4, -0.2) is 71.3 Å². The Morgan fingerprint density at radius 3 is 2.69 bits per heavy atom. The highest BCUT2D eigenvalue weighted by Crippen LogP contribution is 2.59. The molecule has 0 radical (unpaired) electrons. The van der Waals surface area contributed by atoms with Crippen LogP contribution < -0.4 is 4.90 Å². The number of nitrogens with zero attached hydrogens (tertiary/aromatic N) is 2. The van der Waals surface area contributed by atoms with Crippen molar-refractivity contribution in [3.8, 4) is 0 Å². The van der Waals surface area contributed by atoms with Crippen molar-refractivity contribution in [1.82, 2.24) is 4.90 Å². The number of allylic oxidation sites excluding steroid dienone is 1. The zero-order valence-electron chi connectivity index (χ0n) is 22.8. The standard InChI is InChI=1S/C30H39ClN2O6/c1-5-7-10-16-38-29(37)24-23-13-14-30(39-23)25(24)27(35)33(20(18-34)17-19(3)4)26(30)28(36)32(15-6-2)22-12-9-8-11-21(22)31/h5-6,8-9,11-12,19-20,23-26,34H,1-2,7,10,13-18H2,3-4H3/t20-,23+,24-,25+,26?,30?/m1/s1.